The fraction of sp³-hybridized carbons (Fsp3) is 0.571. The van der Waals surface area contributed by atoms with E-state index < -0.39 is 0 Å². The summed E-state index contributed by atoms with van der Waals surface area (Å²) in [5.41, 5.74) is 1.26. The molecular formula is C7H10N2O. The van der Waals surface area contributed by atoms with Gasteiger partial charge in [0, 0.05) is 13.1 Å². The predicted octanol–water partition coefficient (Wildman–Crippen LogP) is 0.244. The maximum absolute atomic E-state index is 5.24. The summed E-state index contributed by atoms with van der Waals surface area (Å²) in [7, 11) is 0. The van der Waals surface area contributed by atoms with E-state index in [0.29, 0.717) is 0 Å². The summed E-state index contributed by atoms with van der Waals surface area (Å²) >= 11 is 0. The highest BCUT2D eigenvalue weighted by Gasteiger charge is 2.24. The molecule has 2 heterocycles. The predicted molar refractivity (Wildman–Crippen MR) is 39.0 cm³/mol. The molecule has 0 aliphatic carbocycles. The van der Waals surface area contributed by atoms with E-state index in [1.807, 2.05) is 0 Å². The van der Waals surface area contributed by atoms with Gasteiger partial charge >= 0.3 is 0 Å². The zero-order valence-corrected chi connectivity index (χ0v) is 5.84. The fourth-order valence-electron chi connectivity index (χ4n) is 1.14. The average Bonchev–Trinajstić information content (AvgIpc) is 2.31. The highest BCUT2D eigenvalue weighted by atomic mass is 16.5. The van der Waals surface area contributed by atoms with Crippen LogP contribution in [0.3, 0.4) is 0 Å². The number of hydrogen-bond donors (Lipinski definition) is 0. The second-order valence-corrected chi connectivity index (χ2v) is 2.62. The lowest BCUT2D eigenvalue weighted by Crippen LogP contribution is -2.44. The van der Waals surface area contributed by atoms with Gasteiger partial charge in [-0.25, -0.2) is 4.99 Å². The van der Waals surface area contributed by atoms with E-state index in [9.17, 15) is 0 Å². The molecule has 1 saturated heterocycles. The quantitative estimate of drug-likeness (QED) is 0.448. The van der Waals surface area contributed by atoms with Crippen LogP contribution < -0.4 is 0 Å². The minimum Gasteiger partial charge on any atom is -0.463 e. The molecule has 0 radical (unpaired) electrons. The van der Waals surface area contributed by atoms with E-state index in [1.54, 1.807) is 0 Å². The van der Waals surface area contributed by atoms with Gasteiger partial charge in [-0.3, -0.25) is 0 Å². The van der Waals surface area contributed by atoms with Crippen LogP contribution in [0.15, 0.2) is 17.1 Å². The molecular weight excluding hydrogens is 128 g/mol. The lowest BCUT2D eigenvalue weighted by molar-refractivity contribution is 0.251. The maximum Gasteiger partial charge on any atom is 0.288 e. The lowest BCUT2D eigenvalue weighted by Gasteiger charge is -2.33. The maximum atomic E-state index is 5.24. The third-order valence-electron chi connectivity index (χ3n) is 1.67. The molecule has 2 aliphatic heterocycles. The molecule has 0 atom stereocenters. The van der Waals surface area contributed by atoms with Crippen LogP contribution in [0.4, 0.5) is 0 Å². The van der Waals surface area contributed by atoms with Crippen molar-refractivity contribution in [2.24, 2.45) is 4.99 Å². The molecule has 0 saturated carbocycles. The van der Waals surface area contributed by atoms with Crippen molar-refractivity contribution >= 4 is 6.02 Å². The van der Waals surface area contributed by atoms with Gasteiger partial charge in [-0.1, -0.05) is 6.58 Å². The van der Waals surface area contributed by atoms with E-state index in [-0.39, 0.29) is 0 Å². The number of amidine groups is 1. The first-order valence-electron chi connectivity index (χ1n) is 3.45. The fourth-order valence-corrected chi connectivity index (χ4v) is 1.14. The van der Waals surface area contributed by atoms with Gasteiger partial charge < -0.3 is 9.64 Å². The van der Waals surface area contributed by atoms with Crippen molar-refractivity contribution in [3.8, 4) is 0 Å². The summed E-state index contributed by atoms with van der Waals surface area (Å²) in [6.45, 7) is 7.25. The summed E-state index contributed by atoms with van der Waals surface area (Å²) in [6.07, 6.45) is 0. The van der Waals surface area contributed by atoms with Crippen LogP contribution in [-0.4, -0.2) is 37.2 Å². The Morgan fingerprint density at radius 3 is 2.80 bits per heavy atom. The minimum atomic E-state index is 0.748. The molecule has 2 rings (SSSR count). The van der Waals surface area contributed by atoms with Gasteiger partial charge in [-0.2, -0.15) is 0 Å². The van der Waals surface area contributed by atoms with Crippen LogP contribution in [-0.2, 0) is 4.74 Å². The van der Waals surface area contributed by atoms with Crippen molar-refractivity contribution in [2.75, 3.05) is 26.2 Å². The monoisotopic (exact) mass is 138 g/mol. The van der Waals surface area contributed by atoms with Crippen LogP contribution >= 0.6 is 0 Å². The molecule has 0 aromatic carbocycles. The molecule has 2 aliphatic rings. The summed E-state index contributed by atoms with van der Waals surface area (Å²) in [5.74, 6) is 0. The molecule has 10 heavy (non-hydrogen) atoms. The second-order valence-electron chi connectivity index (χ2n) is 2.62. The Bertz CT molecular complexity index is 190. The third kappa shape index (κ3) is 0.781. The molecule has 54 valence electrons. The van der Waals surface area contributed by atoms with Gasteiger partial charge in [-0.15, -0.1) is 0 Å². The molecule has 3 nitrogen and oxygen atoms in total. The highest BCUT2D eigenvalue weighted by molar-refractivity contribution is 5.77. The van der Waals surface area contributed by atoms with E-state index in [1.165, 1.54) is 5.57 Å². The molecule has 0 unspecified atom stereocenters. The molecule has 0 aromatic rings. The standard InChI is InChI=1S/C7H10N2O/c1-6-4-9(5-6)7-8-2-3-10-7/h1-5H2. The second kappa shape index (κ2) is 2.01. The molecule has 0 N–H and O–H groups in total. The first-order valence-corrected chi connectivity index (χ1v) is 3.45. The van der Waals surface area contributed by atoms with E-state index in [0.717, 1.165) is 32.3 Å². The normalized spacial score (nSPS) is 23.8. The van der Waals surface area contributed by atoms with E-state index in [2.05, 4.69) is 16.5 Å². The SMILES string of the molecule is C=C1CN(C2=NCCO2)C1. The number of rotatable bonds is 0. The molecule has 0 aromatic heterocycles. The average molecular weight is 138 g/mol. The number of ether oxygens (including phenoxy) is 1. The first-order chi connectivity index (χ1) is 4.86. The van der Waals surface area contributed by atoms with Crippen molar-refractivity contribution in [3.63, 3.8) is 0 Å². The van der Waals surface area contributed by atoms with Crippen LogP contribution in [0.2, 0.25) is 0 Å². The molecule has 0 amide bonds. The first kappa shape index (κ1) is 5.77. The number of likely N-dealkylation sites (tertiary alicyclic amines) is 1. The van der Waals surface area contributed by atoms with E-state index >= 15 is 0 Å². The Balaban J connectivity index is 1.95. The molecule has 0 bridgehead atoms. The van der Waals surface area contributed by atoms with Crippen molar-refractivity contribution in [1.82, 2.24) is 4.90 Å². The highest BCUT2D eigenvalue weighted by Crippen LogP contribution is 2.14. The summed E-state index contributed by atoms with van der Waals surface area (Å²) in [6, 6.07) is 0.812. The van der Waals surface area contributed by atoms with Gasteiger partial charge in [0.05, 0.1) is 6.54 Å². The largest absolute Gasteiger partial charge is 0.463 e. The summed E-state index contributed by atoms with van der Waals surface area (Å²) in [4.78, 5) is 6.26. The Morgan fingerprint density at radius 1 is 1.50 bits per heavy atom. The van der Waals surface area contributed by atoms with Crippen LogP contribution in [0, 0.1) is 0 Å². The lowest BCUT2D eigenvalue weighted by atomic mass is 10.1. The van der Waals surface area contributed by atoms with Gasteiger partial charge in [-0.05, 0) is 5.57 Å². The van der Waals surface area contributed by atoms with Gasteiger partial charge in [0.2, 0.25) is 0 Å². The van der Waals surface area contributed by atoms with Gasteiger partial charge in [0.1, 0.15) is 6.61 Å². The van der Waals surface area contributed by atoms with Crippen molar-refractivity contribution in [2.45, 2.75) is 0 Å². The Morgan fingerprint density at radius 2 is 2.30 bits per heavy atom. The molecule has 0 spiro atoms. The minimum absolute atomic E-state index is 0.748. The summed E-state index contributed by atoms with van der Waals surface area (Å²) < 4.78 is 5.24. The van der Waals surface area contributed by atoms with Crippen molar-refractivity contribution in [3.05, 3.63) is 12.2 Å². The van der Waals surface area contributed by atoms with Crippen LogP contribution in [0.25, 0.3) is 0 Å². The number of hydrogen-bond acceptors (Lipinski definition) is 3. The van der Waals surface area contributed by atoms with E-state index in [4.69, 9.17) is 4.74 Å². The molecule has 3 heteroatoms. The zero-order valence-electron chi connectivity index (χ0n) is 5.84. The van der Waals surface area contributed by atoms with Gasteiger partial charge in [0.25, 0.3) is 6.02 Å². The number of aliphatic imine (C=N–C) groups is 1. The Kier molecular flexibility index (Phi) is 1.16. The van der Waals surface area contributed by atoms with Crippen molar-refractivity contribution in [1.29, 1.82) is 0 Å². The topological polar surface area (TPSA) is 24.8 Å². The van der Waals surface area contributed by atoms with Crippen molar-refractivity contribution < 1.29 is 4.74 Å². The van der Waals surface area contributed by atoms with Crippen LogP contribution in [0.1, 0.15) is 0 Å². The zero-order chi connectivity index (χ0) is 6.97. The van der Waals surface area contributed by atoms with Crippen LogP contribution in [0.5, 0.6) is 0 Å². The molecule has 1 fully saturated rings. The van der Waals surface area contributed by atoms with Gasteiger partial charge in [0.15, 0.2) is 0 Å². The Labute approximate surface area is 60.0 Å². The third-order valence-corrected chi connectivity index (χ3v) is 1.67. The number of nitrogens with zero attached hydrogens (tertiary/aromatic N) is 2. The Hall–Kier alpha value is -0.990. The smallest absolute Gasteiger partial charge is 0.288 e. The summed E-state index contributed by atoms with van der Waals surface area (Å²) in [5, 5.41) is 0.